The lowest BCUT2D eigenvalue weighted by molar-refractivity contribution is -0.255. The molecular formula is C101H128NO21P3. The Morgan fingerprint density at radius 2 is 0.516 bits per heavy atom. The number of rotatable bonds is 64. The number of hydrogen-bond acceptors (Lipinski definition) is 21. The van der Waals surface area contributed by atoms with E-state index in [0.717, 1.165) is 82.6 Å². The van der Waals surface area contributed by atoms with Crippen LogP contribution in [0.4, 0.5) is 4.79 Å². The van der Waals surface area contributed by atoms with Crippen molar-refractivity contribution in [3.63, 3.8) is 0 Å². The average molecular weight is 1790 g/mol. The van der Waals surface area contributed by atoms with Crippen LogP contribution in [0.25, 0.3) is 0 Å². The van der Waals surface area contributed by atoms with Crippen LogP contribution in [0.2, 0.25) is 0 Å². The van der Waals surface area contributed by atoms with Gasteiger partial charge in [0.1, 0.15) is 49.8 Å². The number of phosphoric acid groups is 3. The summed E-state index contributed by atoms with van der Waals surface area (Å²) in [6.07, 6.45) is 10.1. The summed E-state index contributed by atoms with van der Waals surface area (Å²) >= 11 is 0. The Morgan fingerprint density at radius 1 is 0.270 bits per heavy atom. The van der Waals surface area contributed by atoms with Gasteiger partial charge in [0.2, 0.25) is 0 Å². The summed E-state index contributed by atoms with van der Waals surface area (Å²) in [4.78, 5) is 40.5. The normalized spacial score (nSPS) is 16.6. The van der Waals surface area contributed by atoms with Gasteiger partial charge in [0.15, 0.2) is 6.10 Å². The lowest BCUT2D eigenvalue weighted by atomic mass is 9.84. The Morgan fingerprint density at radius 3 is 0.825 bits per heavy atom. The topological polar surface area (TPSA) is 253 Å². The predicted octanol–water partition coefficient (Wildman–Crippen LogP) is 25.1. The van der Waals surface area contributed by atoms with Gasteiger partial charge in [-0.05, 0) is 69.3 Å². The fraction of sp³-hybridized carbons (Fsp3) is 0.436. The van der Waals surface area contributed by atoms with Crippen molar-refractivity contribution in [3.05, 3.63) is 323 Å². The molecule has 1 aliphatic rings. The van der Waals surface area contributed by atoms with E-state index in [0.29, 0.717) is 63.9 Å². The molecule has 1 unspecified atom stereocenters. The number of phosphoric ester groups is 3. The van der Waals surface area contributed by atoms with Gasteiger partial charge in [-0.3, -0.25) is 50.3 Å². The molecule has 0 bridgehead atoms. The van der Waals surface area contributed by atoms with Crippen LogP contribution in [-0.4, -0.2) is 80.5 Å². The standard InChI is InChI=1S/C101H128NO21P3/c1-2-3-4-5-6-7-8-9-10-12-16-19-49-70-94(104)120-92(81-109-93(103)69-48-18-15-13-11-14-17-20-50-71-102-101(105)113-75-86-57-36-24-37-58-86)82-119-126(108,118-80-91-67-46-29-47-68-91)121-98-95(110-72-83-51-30-21-31-52-83)96(111-73-84-53-32-22-33-54-84)99(122-124(106,114-76-87-59-38-25-39-60-87)115-77-88-61-40-26-41-62-88)100(97(98)112-74-85-55-34-23-35-56-85)123-125(107,116-78-89-63-42-27-43-64-89)117-79-90-65-44-28-45-66-90/h21-47,51-68,92,95-100H,2-20,48-50,69-82H2,1H3,(H,102,105)/t92-,95-,96-,97+,98+,99+,100+,126?/m1/s1. The van der Waals surface area contributed by atoms with Gasteiger partial charge in [-0.15, -0.1) is 0 Å². The lowest BCUT2D eigenvalue weighted by Gasteiger charge is -2.50. The van der Waals surface area contributed by atoms with E-state index in [1.54, 1.807) is 97.1 Å². The Kier molecular flexibility index (Phi) is 45.9. The number of esters is 2. The minimum absolute atomic E-state index is 0.0392. The first-order chi connectivity index (χ1) is 61.8. The quantitative estimate of drug-likeness (QED) is 0.0161. The molecule has 0 spiro atoms. The van der Waals surface area contributed by atoms with Crippen molar-refractivity contribution < 1.29 is 97.2 Å². The molecule has 0 heterocycles. The zero-order valence-electron chi connectivity index (χ0n) is 72.9. The molecule has 0 aromatic heterocycles. The first kappa shape index (κ1) is 99.6. The van der Waals surface area contributed by atoms with Crippen LogP contribution < -0.4 is 5.32 Å². The second-order valence-corrected chi connectivity index (χ2v) is 36.5. The van der Waals surface area contributed by atoms with E-state index in [4.69, 9.17) is 69.1 Å². The summed E-state index contributed by atoms with van der Waals surface area (Å²) in [6, 6.07) is 82.2. The fourth-order valence-electron chi connectivity index (χ4n) is 14.4. The number of carbonyl (C=O) groups excluding carboxylic acids is 3. The lowest BCUT2D eigenvalue weighted by Crippen LogP contribution is -2.67. The molecule has 9 aromatic rings. The minimum atomic E-state index is -5.31. The van der Waals surface area contributed by atoms with Gasteiger partial charge in [-0.1, -0.05) is 402 Å². The molecular weight excluding hydrogens is 1660 g/mol. The van der Waals surface area contributed by atoms with E-state index in [-0.39, 0.29) is 65.7 Å². The molecule has 9 aromatic carbocycles. The van der Waals surface area contributed by atoms with E-state index >= 15 is 13.7 Å². The van der Waals surface area contributed by atoms with E-state index in [1.807, 2.05) is 176 Å². The summed E-state index contributed by atoms with van der Waals surface area (Å²) in [5.74, 6) is -1.13. The van der Waals surface area contributed by atoms with Crippen molar-refractivity contribution in [3.8, 4) is 0 Å². The summed E-state index contributed by atoms with van der Waals surface area (Å²) in [5, 5.41) is 2.84. The van der Waals surface area contributed by atoms with E-state index in [1.165, 1.54) is 51.4 Å². The maximum atomic E-state index is 17.0. The predicted molar refractivity (Wildman–Crippen MR) is 487 cm³/mol. The first-order valence-electron chi connectivity index (χ1n) is 45.0. The van der Waals surface area contributed by atoms with Crippen molar-refractivity contribution in [2.45, 2.75) is 263 Å². The number of benzene rings is 9. The van der Waals surface area contributed by atoms with Gasteiger partial charge >= 0.3 is 41.5 Å². The van der Waals surface area contributed by atoms with Crippen LogP contribution >= 0.6 is 23.5 Å². The summed E-state index contributed by atoms with van der Waals surface area (Å²) < 4.78 is 150. The van der Waals surface area contributed by atoms with Gasteiger partial charge in [0.05, 0.1) is 59.5 Å². The minimum Gasteiger partial charge on any atom is -0.462 e. The fourth-order valence-corrected chi connectivity index (χ4v) is 18.5. The number of ether oxygens (including phenoxy) is 6. The Bertz CT molecular complexity index is 4470. The van der Waals surface area contributed by atoms with Crippen molar-refractivity contribution in [2.24, 2.45) is 0 Å². The molecule has 1 fully saturated rings. The van der Waals surface area contributed by atoms with Gasteiger partial charge in [-0.2, -0.15) is 0 Å². The summed E-state index contributed by atoms with van der Waals surface area (Å²) in [5.41, 5.74) is 5.79. The van der Waals surface area contributed by atoms with Crippen LogP contribution in [0.3, 0.4) is 0 Å². The number of amides is 1. The van der Waals surface area contributed by atoms with Gasteiger partial charge < -0.3 is 33.7 Å². The van der Waals surface area contributed by atoms with Gasteiger partial charge in [0, 0.05) is 19.4 Å². The highest BCUT2D eigenvalue weighted by Crippen LogP contribution is 2.61. The van der Waals surface area contributed by atoms with Gasteiger partial charge in [-0.25, -0.2) is 18.5 Å². The smallest absolute Gasteiger partial charge is 0.462 e. The van der Waals surface area contributed by atoms with Gasteiger partial charge in [0.25, 0.3) is 0 Å². The molecule has 1 amide bonds. The third kappa shape index (κ3) is 38.8. The number of hydrogen-bond donors (Lipinski definition) is 1. The maximum absolute atomic E-state index is 17.0. The number of unbranched alkanes of at least 4 members (excludes halogenated alkanes) is 20. The van der Waals surface area contributed by atoms with E-state index in [9.17, 15) is 14.4 Å². The van der Waals surface area contributed by atoms with Crippen LogP contribution in [0.1, 0.15) is 211 Å². The maximum Gasteiger partial charge on any atom is 0.475 e. The average Bonchev–Trinajstić information content (AvgIpc) is 0.744. The van der Waals surface area contributed by atoms with Crippen LogP contribution in [0.15, 0.2) is 273 Å². The second kappa shape index (κ2) is 58.1. The monoisotopic (exact) mass is 1780 g/mol. The molecule has 22 nitrogen and oxygen atoms in total. The Hall–Kier alpha value is -8.60. The molecule has 8 atom stereocenters. The SMILES string of the molecule is CCCCCCCCCCCCCCCC(=O)O[C@H](COC(=O)CCCCCCCCCCCNC(=O)OCc1ccccc1)COP(=O)(OCc1ccccc1)O[C@H]1[C@H](OCc2ccccc2)[C@@H](OCc2ccccc2)[C@H](OP(=O)(OCc2ccccc2)OCc2ccccc2)[C@@H](OP(=O)(OCc2ccccc2)OCc2ccccc2)[C@H]1OCc1ccccc1. The van der Waals surface area contributed by atoms with E-state index < -0.39 is 104 Å². The van der Waals surface area contributed by atoms with Crippen LogP contribution in [0.5, 0.6) is 0 Å². The highest BCUT2D eigenvalue weighted by Gasteiger charge is 2.61. The molecule has 1 aliphatic carbocycles. The Balaban J connectivity index is 0.985. The molecule has 0 aliphatic heterocycles. The molecule has 1 N–H and O–H groups in total. The number of carbonyl (C=O) groups is 3. The van der Waals surface area contributed by atoms with E-state index in [2.05, 4.69) is 12.2 Å². The third-order valence-corrected chi connectivity index (χ3v) is 25.6. The largest absolute Gasteiger partial charge is 0.475 e. The molecule has 25 heteroatoms. The molecule has 10 rings (SSSR count). The van der Waals surface area contributed by atoms with Crippen LogP contribution in [0, 0.1) is 0 Å². The van der Waals surface area contributed by atoms with Crippen molar-refractivity contribution in [2.75, 3.05) is 19.8 Å². The molecule has 0 radical (unpaired) electrons. The van der Waals surface area contributed by atoms with Crippen molar-refractivity contribution in [1.29, 1.82) is 0 Å². The van der Waals surface area contributed by atoms with Crippen molar-refractivity contribution >= 4 is 41.5 Å². The van der Waals surface area contributed by atoms with Crippen LogP contribution in [-0.2, 0) is 152 Å². The zero-order chi connectivity index (χ0) is 88.1. The first-order valence-corrected chi connectivity index (χ1v) is 49.3. The number of alkyl carbamates (subject to hydrolysis) is 1. The Labute approximate surface area is 745 Å². The molecule has 678 valence electrons. The summed E-state index contributed by atoms with van der Waals surface area (Å²) in [7, 11) is -15.5. The van der Waals surface area contributed by atoms with Crippen molar-refractivity contribution in [1.82, 2.24) is 5.32 Å². The molecule has 0 saturated heterocycles. The number of nitrogens with one attached hydrogen (secondary N) is 1. The molecule has 126 heavy (non-hydrogen) atoms. The zero-order valence-corrected chi connectivity index (χ0v) is 75.6. The highest BCUT2D eigenvalue weighted by molar-refractivity contribution is 7.49. The highest BCUT2D eigenvalue weighted by atomic mass is 31.2. The second-order valence-electron chi connectivity index (χ2n) is 31.6. The molecule has 1 saturated carbocycles. The summed E-state index contributed by atoms with van der Waals surface area (Å²) in [6.45, 7) is -0.521. The third-order valence-electron chi connectivity index (χ3n) is 21.4.